The second-order valence-electron chi connectivity index (χ2n) is 7.39. The van der Waals surface area contributed by atoms with Crippen LogP contribution in [0.3, 0.4) is 0 Å². The van der Waals surface area contributed by atoms with E-state index in [1.165, 1.54) is 17.0 Å². The van der Waals surface area contributed by atoms with Crippen molar-refractivity contribution in [2.75, 3.05) is 26.2 Å². The van der Waals surface area contributed by atoms with E-state index in [4.69, 9.17) is 11.6 Å². The lowest BCUT2D eigenvalue weighted by molar-refractivity contribution is -0.139. The summed E-state index contributed by atoms with van der Waals surface area (Å²) in [6.07, 6.45) is 0.323. The van der Waals surface area contributed by atoms with Gasteiger partial charge in [-0.15, -0.1) is 0 Å². The first kappa shape index (κ1) is 24.7. The monoisotopic (exact) mass is 495 g/mol. The summed E-state index contributed by atoms with van der Waals surface area (Å²) >= 11 is 6.05. The summed E-state index contributed by atoms with van der Waals surface area (Å²) in [5, 5.41) is 0.425. The number of hydrogen-bond acceptors (Lipinski definition) is 5. The van der Waals surface area contributed by atoms with E-state index in [1.807, 2.05) is 0 Å². The topological polar surface area (TPSA) is 104 Å². The predicted molar refractivity (Wildman–Crippen MR) is 120 cm³/mol. The highest BCUT2D eigenvalue weighted by atomic mass is 35.5. The Bertz CT molecular complexity index is 1150. The SMILES string of the molecule is CCC(=O)N1CCN(C(=O)[C@H](NC(=O)c2ccccc2Cl)S(=O)(=O)c2ccc(F)cc2)CC1. The summed E-state index contributed by atoms with van der Waals surface area (Å²) in [7, 11) is -4.43. The molecule has 1 saturated heterocycles. The van der Waals surface area contributed by atoms with Crippen molar-refractivity contribution in [3.05, 3.63) is 64.9 Å². The third-order valence-corrected chi connectivity index (χ3v) is 7.50. The molecule has 3 amide bonds. The van der Waals surface area contributed by atoms with E-state index >= 15 is 0 Å². The van der Waals surface area contributed by atoms with Gasteiger partial charge in [0.25, 0.3) is 11.8 Å². The Labute approximate surface area is 196 Å². The highest BCUT2D eigenvalue weighted by molar-refractivity contribution is 7.92. The zero-order valence-electron chi connectivity index (χ0n) is 17.8. The van der Waals surface area contributed by atoms with E-state index in [0.29, 0.717) is 6.42 Å². The van der Waals surface area contributed by atoms with Gasteiger partial charge in [-0.05, 0) is 36.4 Å². The summed E-state index contributed by atoms with van der Waals surface area (Å²) in [6, 6.07) is 10.0. The van der Waals surface area contributed by atoms with Crippen LogP contribution in [0.2, 0.25) is 5.02 Å². The lowest BCUT2D eigenvalue weighted by atomic mass is 10.2. The smallest absolute Gasteiger partial charge is 0.261 e. The van der Waals surface area contributed by atoms with E-state index in [1.54, 1.807) is 24.0 Å². The maximum Gasteiger partial charge on any atom is 0.261 e. The summed E-state index contributed by atoms with van der Waals surface area (Å²) in [6.45, 7) is 2.46. The van der Waals surface area contributed by atoms with Crippen molar-refractivity contribution < 1.29 is 27.2 Å². The van der Waals surface area contributed by atoms with Crippen LogP contribution in [0.1, 0.15) is 23.7 Å². The van der Waals surface area contributed by atoms with Crippen molar-refractivity contribution >= 4 is 39.2 Å². The zero-order chi connectivity index (χ0) is 24.2. The van der Waals surface area contributed by atoms with Crippen LogP contribution in [-0.4, -0.2) is 67.5 Å². The number of piperazine rings is 1. The van der Waals surface area contributed by atoms with Crippen molar-refractivity contribution in [3.63, 3.8) is 0 Å². The van der Waals surface area contributed by atoms with Gasteiger partial charge in [0, 0.05) is 32.6 Å². The number of nitrogens with zero attached hydrogens (tertiary/aromatic N) is 2. The molecule has 1 aliphatic rings. The molecule has 8 nitrogen and oxygen atoms in total. The molecule has 3 rings (SSSR count). The molecular formula is C22H23ClFN3O5S. The minimum atomic E-state index is -4.43. The third-order valence-electron chi connectivity index (χ3n) is 5.30. The Morgan fingerprint density at radius 1 is 1.00 bits per heavy atom. The van der Waals surface area contributed by atoms with Gasteiger partial charge >= 0.3 is 0 Å². The molecular weight excluding hydrogens is 473 g/mol. The fourth-order valence-corrected chi connectivity index (χ4v) is 5.13. The van der Waals surface area contributed by atoms with Crippen LogP contribution in [-0.2, 0) is 19.4 Å². The molecule has 0 aromatic heterocycles. The molecule has 1 fully saturated rings. The molecule has 1 atom stereocenters. The second-order valence-corrected chi connectivity index (χ2v) is 9.83. The van der Waals surface area contributed by atoms with E-state index in [9.17, 15) is 27.2 Å². The van der Waals surface area contributed by atoms with Gasteiger partial charge in [0.2, 0.25) is 21.1 Å². The molecule has 11 heteroatoms. The van der Waals surface area contributed by atoms with Gasteiger partial charge < -0.3 is 15.1 Å². The fourth-order valence-electron chi connectivity index (χ4n) is 3.44. The number of rotatable bonds is 6. The fraction of sp³-hybridized carbons (Fsp3) is 0.318. The van der Waals surface area contributed by atoms with Crippen molar-refractivity contribution in [1.82, 2.24) is 15.1 Å². The first-order valence-corrected chi connectivity index (χ1v) is 12.2. The molecule has 176 valence electrons. The normalized spacial score (nSPS) is 15.1. The molecule has 0 bridgehead atoms. The van der Waals surface area contributed by atoms with Crippen molar-refractivity contribution in [1.29, 1.82) is 0 Å². The predicted octanol–water partition coefficient (Wildman–Crippen LogP) is 2.09. The maximum absolute atomic E-state index is 13.3. The van der Waals surface area contributed by atoms with Crippen LogP contribution in [0, 0.1) is 5.82 Å². The number of amides is 3. The Kier molecular flexibility index (Phi) is 7.70. The van der Waals surface area contributed by atoms with Gasteiger partial charge in [-0.1, -0.05) is 30.7 Å². The average molecular weight is 496 g/mol. The van der Waals surface area contributed by atoms with Gasteiger partial charge in [0.05, 0.1) is 15.5 Å². The first-order chi connectivity index (χ1) is 15.6. The average Bonchev–Trinajstić information content (AvgIpc) is 2.82. The number of halogens is 2. The number of hydrogen-bond donors (Lipinski definition) is 1. The summed E-state index contributed by atoms with van der Waals surface area (Å²) in [5.41, 5.74) is 0.00429. The van der Waals surface area contributed by atoms with Crippen molar-refractivity contribution in [3.8, 4) is 0 Å². The first-order valence-electron chi connectivity index (χ1n) is 10.3. The molecule has 1 heterocycles. The van der Waals surface area contributed by atoms with E-state index in [-0.39, 0.29) is 47.6 Å². The molecule has 1 N–H and O–H groups in total. The number of nitrogens with one attached hydrogen (secondary N) is 1. The molecule has 33 heavy (non-hydrogen) atoms. The van der Waals surface area contributed by atoms with Crippen LogP contribution >= 0.6 is 11.6 Å². The highest BCUT2D eigenvalue weighted by Crippen LogP contribution is 2.20. The van der Waals surface area contributed by atoms with Crippen LogP contribution in [0.25, 0.3) is 0 Å². The van der Waals surface area contributed by atoms with Crippen LogP contribution in [0.15, 0.2) is 53.4 Å². The Balaban J connectivity index is 1.91. The van der Waals surface area contributed by atoms with Gasteiger partial charge in [-0.25, -0.2) is 12.8 Å². The largest absolute Gasteiger partial charge is 0.339 e. The standard InChI is InChI=1S/C22H23ClFN3O5S/c1-2-19(28)26-11-13-27(14-12-26)22(30)21(25-20(29)17-5-3-4-6-18(17)23)33(31,32)16-9-7-15(24)8-10-16/h3-10,21H,2,11-14H2,1H3,(H,25,29)/t21-/m1/s1. The van der Waals surface area contributed by atoms with Gasteiger partial charge in [-0.3, -0.25) is 14.4 Å². The number of benzene rings is 2. The van der Waals surface area contributed by atoms with Crippen molar-refractivity contribution in [2.24, 2.45) is 0 Å². The molecule has 0 radical (unpaired) electrons. The summed E-state index contributed by atoms with van der Waals surface area (Å²) in [4.78, 5) is 40.6. The number of sulfone groups is 1. The Hall–Kier alpha value is -2.98. The minimum absolute atomic E-state index is 0.00429. The maximum atomic E-state index is 13.3. The Morgan fingerprint density at radius 3 is 2.15 bits per heavy atom. The lowest BCUT2D eigenvalue weighted by Crippen LogP contribution is -2.57. The number of carbonyl (C=O) groups excluding carboxylic acids is 3. The minimum Gasteiger partial charge on any atom is -0.339 e. The molecule has 1 aliphatic heterocycles. The molecule has 0 saturated carbocycles. The zero-order valence-corrected chi connectivity index (χ0v) is 19.4. The molecule has 0 unspecified atom stereocenters. The van der Waals surface area contributed by atoms with Crippen LogP contribution in [0.4, 0.5) is 4.39 Å². The van der Waals surface area contributed by atoms with Gasteiger partial charge in [0.15, 0.2) is 0 Å². The van der Waals surface area contributed by atoms with Crippen LogP contribution < -0.4 is 5.32 Å². The lowest BCUT2D eigenvalue weighted by Gasteiger charge is -2.36. The second kappa shape index (κ2) is 10.3. The van der Waals surface area contributed by atoms with E-state index in [0.717, 1.165) is 24.3 Å². The molecule has 2 aromatic rings. The van der Waals surface area contributed by atoms with Gasteiger partial charge in [0.1, 0.15) is 5.82 Å². The molecule has 0 aliphatic carbocycles. The quantitative estimate of drug-likeness (QED) is 0.618. The highest BCUT2D eigenvalue weighted by Gasteiger charge is 2.39. The summed E-state index contributed by atoms with van der Waals surface area (Å²) in [5.74, 6) is -2.40. The third kappa shape index (κ3) is 5.51. The Morgan fingerprint density at radius 2 is 1.58 bits per heavy atom. The van der Waals surface area contributed by atoms with Gasteiger partial charge in [-0.2, -0.15) is 0 Å². The number of carbonyl (C=O) groups is 3. The van der Waals surface area contributed by atoms with Crippen LogP contribution in [0.5, 0.6) is 0 Å². The molecule has 0 spiro atoms. The van der Waals surface area contributed by atoms with E-state index < -0.39 is 32.8 Å². The van der Waals surface area contributed by atoms with Crippen molar-refractivity contribution in [2.45, 2.75) is 23.6 Å². The van der Waals surface area contributed by atoms with E-state index in [2.05, 4.69) is 5.32 Å². The molecule has 2 aromatic carbocycles. The summed E-state index contributed by atoms with van der Waals surface area (Å²) < 4.78 is 40.0.